The topological polar surface area (TPSA) is 59.2 Å². The van der Waals surface area contributed by atoms with Crippen LogP contribution in [0.3, 0.4) is 0 Å². The SMILES string of the molecule is O=[SH](=O)c1c[nH]c2cc(OCc3ccccc3)ccc12. The molecule has 0 aliphatic heterocycles. The van der Waals surface area contributed by atoms with E-state index in [1.807, 2.05) is 30.3 Å². The molecule has 0 unspecified atom stereocenters. The summed E-state index contributed by atoms with van der Waals surface area (Å²) in [5, 5.41) is 0.688. The van der Waals surface area contributed by atoms with Gasteiger partial charge in [0.15, 0.2) is 10.7 Å². The van der Waals surface area contributed by atoms with E-state index in [0.717, 1.165) is 11.1 Å². The number of hydrogen-bond acceptors (Lipinski definition) is 3. The Morgan fingerprint density at radius 2 is 1.85 bits per heavy atom. The minimum Gasteiger partial charge on any atom is -0.489 e. The van der Waals surface area contributed by atoms with Gasteiger partial charge in [0, 0.05) is 17.6 Å². The van der Waals surface area contributed by atoms with E-state index in [1.54, 1.807) is 18.2 Å². The number of fused-ring (bicyclic) bond motifs is 1. The minimum atomic E-state index is -2.58. The molecule has 3 aromatic rings. The maximum Gasteiger partial charge on any atom is 0.170 e. The van der Waals surface area contributed by atoms with E-state index in [1.165, 1.54) is 6.20 Å². The van der Waals surface area contributed by atoms with Crippen molar-refractivity contribution in [1.82, 2.24) is 4.98 Å². The van der Waals surface area contributed by atoms with E-state index in [9.17, 15) is 8.42 Å². The van der Waals surface area contributed by atoms with Crippen LogP contribution in [0.1, 0.15) is 5.56 Å². The molecule has 1 aromatic heterocycles. The fraction of sp³-hybridized carbons (Fsp3) is 0.0667. The van der Waals surface area contributed by atoms with E-state index >= 15 is 0 Å². The Morgan fingerprint density at radius 3 is 2.60 bits per heavy atom. The van der Waals surface area contributed by atoms with Crippen LogP contribution in [0, 0.1) is 0 Å². The third-order valence-electron chi connectivity index (χ3n) is 3.08. The molecule has 2 aromatic carbocycles. The van der Waals surface area contributed by atoms with Gasteiger partial charge < -0.3 is 9.72 Å². The Morgan fingerprint density at radius 1 is 1.05 bits per heavy atom. The van der Waals surface area contributed by atoms with Crippen LogP contribution in [-0.2, 0) is 17.3 Å². The van der Waals surface area contributed by atoms with Gasteiger partial charge in [-0.3, -0.25) is 0 Å². The average Bonchev–Trinajstić information content (AvgIpc) is 2.89. The molecule has 20 heavy (non-hydrogen) atoms. The fourth-order valence-corrected chi connectivity index (χ4v) is 2.63. The van der Waals surface area contributed by atoms with E-state index in [0.29, 0.717) is 22.6 Å². The number of hydrogen-bond donors (Lipinski definition) is 2. The van der Waals surface area contributed by atoms with Gasteiger partial charge in [0.2, 0.25) is 0 Å². The van der Waals surface area contributed by atoms with Crippen LogP contribution >= 0.6 is 0 Å². The lowest BCUT2D eigenvalue weighted by atomic mass is 10.2. The van der Waals surface area contributed by atoms with Gasteiger partial charge in [-0.15, -0.1) is 0 Å². The highest BCUT2D eigenvalue weighted by Gasteiger charge is 2.06. The first-order chi connectivity index (χ1) is 9.74. The molecule has 0 atom stereocenters. The van der Waals surface area contributed by atoms with E-state index in [-0.39, 0.29) is 0 Å². The molecule has 1 heterocycles. The minimum absolute atomic E-state index is 0.310. The molecule has 0 fully saturated rings. The smallest absolute Gasteiger partial charge is 0.170 e. The van der Waals surface area contributed by atoms with E-state index in [4.69, 9.17) is 4.74 Å². The summed E-state index contributed by atoms with van der Waals surface area (Å²) in [6, 6.07) is 15.2. The Kier molecular flexibility index (Phi) is 3.43. The Labute approximate surface area is 118 Å². The molecule has 0 aliphatic carbocycles. The zero-order chi connectivity index (χ0) is 13.9. The maximum atomic E-state index is 11.1. The largest absolute Gasteiger partial charge is 0.489 e. The predicted octanol–water partition coefficient (Wildman–Crippen LogP) is 2.72. The number of benzene rings is 2. The maximum absolute atomic E-state index is 11.1. The monoisotopic (exact) mass is 287 g/mol. The number of ether oxygens (including phenoxy) is 1. The van der Waals surface area contributed by atoms with Crippen molar-refractivity contribution in [2.45, 2.75) is 11.5 Å². The van der Waals surface area contributed by atoms with Gasteiger partial charge in [0.25, 0.3) is 0 Å². The summed E-state index contributed by atoms with van der Waals surface area (Å²) in [5.41, 5.74) is 1.84. The summed E-state index contributed by atoms with van der Waals surface area (Å²) in [6.45, 7) is 0.482. The molecule has 0 bridgehead atoms. The first kappa shape index (κ1) is 12.7. The Balaban J connectivity index is 1.83. The van der Waals surface area contributed by atoms with Crippen LogP contribution in [0.4, 0.5) is 0 Å². The van der Waals surface area contributed by atoms with Gasteiger partial charge in [-0.2, -0.15) is 0 Å². The molecular formula is C15H13NO3S. The highest BCUT2D eigenvalue weighted by Crippen LogP contribution is 2.24. The van der Waals surface area contributed by atoms with Crippen LogP contribution in [-0.4, -0.2) is 13.4 Å². The standard InChI is InChI=1S/C15H13NO3S/c17-20(18)15-9-16-14-8-12(6-7-13(14)15)19-10-11-4-2-1-3-5-11/h1-9,16,20H,10H2. The van der Waals surface area contributed by atoms with Gasteiger partial charge >= 0.3 is 0 Å². The lowest BCUT2D eigenvalue weighted by Crippen LogP contribution is -1.94. The van der Waals surface area contributed by atoms with Crippen molar-refractivity contribution in [3.05, 3.63) is 60.3 Å². The van der Waals surface area contributed by atoms with Gasteiger partial charge in [0.1, 0.15) is 12.4 Å². The van der Waals surface area contributed by atoms with Crippen molar-refractivity contribution in [1.29, 1.82) is 0 Å². The van der Waals surface area contributed by atoms with Crippen LogP contribution in [0.2, 0.25) is 0 Å². The highest BCUT2D eigenvalue weighted by atomic mass is 32.2. The van der Waals surface area contributed by atoms with Gasteiger partial charge in [-0.05, 0) is 17.7 Å². The molecule has 4 nitrogen and oxygen atoms in total. The van der Waals surface area contributed by atoms with E-state index < -0.39 is 10.7 Å². The van der Waals surface area contributed by atoms with Crippen LogP contribution in [0.25, 0.3) is 10.9 Å². The van der Waals surface area contributed by atoms with Gasteiger partial charge in [-0.25, -0.2) is 8.42 Å². The molecular weight excluding hydrogens is 274 g/mol. The van der Waals surface area contributed by atoms with Crippen molar-refractivity contribution in [3.63, 3.8) is 0 Å². The quantitative estimate of drug-likeness (QED) is 0.725. The summed E-state index contributed by atoms with van der Waals surface area (Å²) in [4.78, 5) is 3.25. The van der Waals surface area contributed by atoms with Crippen molar-refractivity contribution >= 4 is 21.6 Å². The molecule has 102 valence electrons. The highest BCUT2D eigenvalue weighted by molar-refractivity contribution is 7.72. The summed E-state index contributed by atoms with van der Waals surface area (Å²) in [6.07, 6.45) is 1.50. The van der Waals surface area contributed by atoms with Crippen molar-refractivity contribution in [2.24, 2.45) is 0 Å². The molecule has 0 amide bonds. The van der Waals surface area contributed by atoms with Crippen LogP contribution in [0.15, 0.2) is 59.6 Å². The first-order valence-electron chi connectivity index (χ1n) is 6.16. The van der Waals surface area contributed by atoms with Gasteiger partial charge in [0.05, 0.1) is 10.4 Å². The van der Waals surface area contributed by atoms with Crippen molar-refractivity contribution in [3.8, 4) is 5.75 Å². The Hall–Kier alpha value is -2.27. The third kappa shape index (κ3) is 2.53. The summed E-state index contributed by atoms with van der Waals surface area (Å²) < 4.78 is 27.8. The Bertz CT molecular complexity index is 798. The lowest BCUT2D eigenvalue weighted by molar-refractivity contribution is 0.306. The number of aromatic amines is 1. The number of rotatable bonds is 4. The first-order valence-corrected chi connectivity index (χ1v) is 7.34. The molecule has 1 N–H and O–H groups in total. The van der Waals surface area contributed by atoms with Gasteiger partial charge in [-0.1, -0.05) is 30.3 Å². The zero-order valence-corrected chi connectivity index (χ0v) is 11.5. The third-order valence-corrected chi connectivity index (χ3v) is 3.84. The molecule has 0 spiro atoms. The van der Waals surface area contributed by atoms with Crippen LogP contribution < -0.4 is 4.74 Å². The van der Waals surface area contributed by atoms with Crippen LogP contribution in [0.5, 0.6) is 5.75 Å². The summed E-state index contributed by atoms with van der Waals surface area (Å²) in [5.74, 6) is 0.705. The zero-order valence-electron chi connectivity index (χ0n) is 10.6. The molecule has 0 saturated heterocycles. The van der Waals surface area contributed by atoms with Crippen molar-refractivity contribution < 1.29 is 13.2 Å². The van der Waals surface area contributed by atoms with E-state index in [2.05, 4.69) is 4.98 Å². The fourth-order valence-electron chi connectivity index (χ4n) is 2.07. The lowest BCUT2D eigenvalue weighted by Gasteiger charge is -2.06. The molecule has 0 saturated carbocycles. The second kappa shape index (κ2) is 5.38. The number of nitrogens with one attached hydrogen (secondary N) is 1. The number of aromatic nitrogens is 1. The number of H-pyrrole nitrogens is 1. The normalized spacial score (nSPS) is 11.1. The molecule has 5 heteroatoms. The number of thiol groups is 1. The van der Waals surface area contributed by atoms with Crippen molar-refractivity contribution in [2.75, 3.05) is 0 Å². The average molecular weight is 287 g/mol. The predicted molar refractivity (Wildman–Crippen MR) is 77.7 cm³/mol. The second-order valence-corrected chi connectivity index (χ2v) is 5.41. The summed E-state index contributed by atoms with van der Waals surface area (Å²) >= 11 is 0. The summed E-state index contributed by atoms with van der Waals surface area (Å²) in [7, 11) is -2.58. The molecule has 0 aliphatic rings. The molecule has 0 radical (unpaired) electrons. The second-order valence-electron chi connectivity index (χ2n) is 4.41. The molecule has 3 rings (SSSR count).